The zero-order valence-corrected chi connectivity index (χ0v) is 13.8. The fraction of sp³-hybridized carbons (Fsp3) is 0.294. The molecule has 4 heteroatoms. The van der Waals surface area contributed by atoms with Gasteiger partial charge in [0, 0.05) is 17.6 Å². The van der Waals surface area contributed by atoms with E-state index in [9.17, 15) is 0 Å². The molecule has 0 fully saturated rings. The Hall–Kier alpha value is -1.36. The lowest BCUT2D eigenvalue weighted by atomic mass is 10.0. The Labute approximate surface area is 134 Å². The largest absolute Gasteiger partial charge is 0.484 e. The Morgan fingerprint density at radius 3 is 2.48 bits per heavy atom. The SMILES string of the molecule is COCc1cccc(OC(c2ccc(Br)cc2)C(C)N)c1. The first-order chi connectivity index (χ1) is 10.1. The average Bonchev–Trinajstić information content (AvgIpc) is 2.46. The van der Waals surface area contributed by atoms with Crippen molar-refractivity contribution in [2.75, 3.05) is 7.11 Å². The van der Waals surface area contributed by atoms with Gasteiger partial charge in [0.25, 0.3) is 0 Å². The summed E-state index contributed by atoms with van der Waals surface area (Å²) in [6.45, 7) is 2.52. The van der Waals surface area contributed by atoms with Crippen LogP contribution in [-0.2, 0) is 11.3 Å². The molecule has 2 unspecified atom stereocenters. The van der Waals surface area contributed by atoms with E-state index < -0.39 is 0 Å². The molecule has 0 radical (unpaired) electrons. The van der Waals surface area contributed by atoms with Crippen LogP contribution in [0.2, 0.25) is 0 Å². The van der Waals surface area contributed by atoms with Gasteiger partial charge in [0.05, 0.1) is 6.61 Å². The van der Waals surface area contributed by atoms with Crippen LogP contribution in [0.3, 0.4) is 0 Å². The highest BCUT2D eigenvalue weighted by Crippen LogP contribution is 2.26. The number of halogens is 1. The number of nitrogens with two attached hydrogens (primary N) is 1. The van der Waals surface area contributed by atoms with Gasteiger partial charge in [-0.15, -0.1) is 0 Å². The fourth-order valence-electron chi connectivity index (χ4n) is 2.15. The number of hydrogen-bond donors (Lipinski definition) is 1. The second-order valence-corrected chi connectivity index (χ2v) is 5.95. The maximum absolute atomic E-state index is 6.09. The molecule has 0 aliphatic heterocycles. The minimum absolute atomic E-state index is 0.114. The normalized spacial score (nSPS) is 13.7. The summed E-state index contributed by atoms with van der Waals surface area (Å²) in [6.07, 6.45) is -0.184. The van der Waals surface area contributed by atoms with Gasteiger partial charge in [-0.3, -0.25) is 0 Å². The fourth-order valence-corrected chi connectivity index (χ4v) is 2.42. The summed E-state index contributed by atoms with van der Waals surface area (Å²) in [6, 6.07) is 15.8. The van der Waals surface area contributed by atoms with Gasteiger partial charge in [0.15, 0.2) is 0 Å². The van der Waals surface area contributed by atoms with Crippen molar-refractivity contribution in [3.8, 4) is 5.75 Å². The van der Waals surface area contributed by atoms with Gasteiger partial charge in [-0.1, -0.05) is 40.2 Å². The zero-order chi connectivity index (χ0) is 15.2. The molecule has 0 heterocycles. The van der Waals surface area contributed by atoms with Crippen LogP contribution in [0, 0.1) is 0 Å². The van der Waals surface area contributed by atoms with Crippen molar-refractivity contribution in [2.24, 2.45) is 5.73 Å². The van der Waals surface area contributed by atoms with Crippen LogP contribution in [-0.4, -0.2) is 13.2 Å². The quantitative estimate of drug-likeness (QED) is 0.854. The van der Waals surface area contributed by atoms with E-state index in [1.54, 1.807) is 7.11 Å². The van der Waals surface area contributed by atoms with Crippen LogP contribution in [0.5, 0.6) is 5.75 Å². The van der Waals surface area contributed by atoms with Crippen molar-refractivity contribution in [1.29, 1.82) is 0 Å². The van der Waals surface area contributed by atoms with Crippen LogP contribution >= 0.6 is 15.9 Å². The van der Waals surface area contributed by atoms with E-state index in [4.69, 9.17) is 15.2 Å². The molecule has 0 bridgehead atoms. The number of hydrogen-bond acceptors (Lipinski definition) is 3. The van der Waals surface area contributed by atoms with Gasteiger partial charge < -0.3 is 15.2 Å². The second kappa shape index (κ2) is 7.59. The van der Waals surface area contributed by atoms with Crippen LogP contribution in [0.15, 0.2) is 53.0 Å². The van der Waals surface area contributed by atoms with E-state index in [1.807, 2.05) is 55.5 Å². The molecule has 0 aliphatic carbocycles. The molecule has 3 nitrogen and oxygen atoms in total. The molecule has 0 aromatic heterocycles. The Bertz CT molecular complexity index is 569. The average molecular weight is 350 g/mol. The Kier molecular flexibility index (Phi) is 5.79. The highest BCUT2D eigenvalue weighted by Gasteiger charge is 2.18. The zero-order valence-electron chi connectivity index (χ0n) is 12.3. The molecule has 0 saturated heterocycles. The molecule has 2 aromatic carbocycles. The predicted molar refractivity (Wildman–Crippen MR) is 88.3 cm³/mol. The number of ether oxygens (including phenoxy) is 2. The summed E-state index contributed by atoms with van der Waals surface area (Å²) in [5.41, 5.74) is 8.23. The van der Waals surface area contributed by atoms with Gasteiger partial charge in [0.2, 0.25) is 0 Å². The Morgan fingerprint density at radius 1 is 1.14 bits per heavy atom. The van der Waals surface area contributed by atoms with Crippen molar-refractivity contribution in [1.82, 2.24) is 0 Å². The van der Waals surface area contributed by atoms with Gasteiger partial charge >= 0.3 is 0 Å². The minimum atomic E-state index is -0.184. The molecule has 2 rings (SSSR count). The molecule has 0 spiro atoms. The minimum Gasteiger partial charge on any atom is -0.484 e. The van der Waals surface area contributed by atoms with Crippen molar-refractivity contribution >= 4 is 15.9 Å². The van der Waals surface area contributed by atoms with Crippen molar-refractivity contribution in [2.45, 2.75) is 25.7 Å². The third-order valence-corrected chi connectivity index (χ3v) is 3.68. The summed E-state index contributed by atoms with van der Waals surface area (Å²) in [5, 5.41) is 0. The first-order valence-corrected chi connectivity index (χ1v) is 7.65. The maximum Gasteiger partial charge on any atom is 0.138 e. The molecule has 2 atom stereocenters. The Morgan fingerprint density at radius 2 is 1.86 bits per heavy atom. The van der Waals surface area contributed by atoms with E-state index in [2.05, 4.69) is 15.9 Å². The molecule has 0 aliphatic rings. The molecule has 0 saturated carbocycles. The molecule has 21 heavy (non-hydrogen) atoms. The highest BCUT2D eigenvalue weighted by atomic mass is 79.9. The van der Waals surface area contributed by atoms with Crippen molar-refractivity contribution in [3.63, 3.8) is 0 Å². The first-order valence-electron chi connectivity index (χ1n) is 6.85. The summed E-state index contributed by atoms with van der Waals surface area (Å²) >= 11 is 3.44. The second-order valence-electron chi connectivity index (χ2n) is 5.03. The lowest BCUT2D eigenvalue weighted by molar-refractivity contribution is 0.175. The number of benzene rings is 2. The standard InChI is InChI=1S/C17H20BrNO2/c1-12(19)17(14-6-8-15(18)9-7-14)21-16-5-3-4-13(10-16)11-20-2/h3-10,12,17H,11,19H2,1-2H3. The maximum atomic E-state index is 6.09. The highest BCUT2D eigenvalue weighted by molar-refractivity contribution is 9.10. The van der Waals surface area contributed by atoms with Crippen LogP contribution in [0.1, 0.15) is 24.2 Å². The molecule has 112 valence electrons. The summed E-state index contributed by atoms with van der Waals surface area (Å²) in [4.78, 5) is 0. The first kappa shape index (κ1) is 16.0. The van der Waals surface area contributed by atoms with E-state index in [-0.39, 0.29) is 12.1 Å². The lowest BCUT2D eigenvalue weighted by Crippen LogP contribution is -2.29. The monoisotopic (exact) mass is 349 g/mol. The van der Waals surface area contributed by atoms with E-state index in [0.717, 1.165) is 21.3 Å². The van der Waals surface area contributed by atoms with Crippen LogP contribution in [0.4, 0.5) is 0 Å². The topological polar surface area (TPSA) is 44.5 Å². The van der Waals surface area contributed by atoms with Crippen molar-refractivity contribution in [3.05, 3.63) is 64.1 Å². The number of rotatable bonds is 6. The molecule has 0 amide bonds. The predicted octanol–water partition coefficient (Wildman–Crippen LogP) is 4.06. The summed E-state index contributed by atoms with van der Waals surface area (Å²) in [7, 11) is 1.68. The van der Waals surface area contributed by atoms with Crippen LogP contribution in [0.25, 0.3) is 0 Å². The van der Waals surface area contributed by atoms with Crippen molar-refractivity contribution < 1.29 is 9.47 Å². The number of methoxy groups -OCH3 is 1. The van der Waals surface area contributed by atoms with E-state index in [1.165, 1.54) is 0 Å². The third kappa shape index (κ3) is 4.56. The molecular formula is C17H20BrNO2. The molecular weight excluding hydrogens is 330 g/mol. The van der Waals surface area contributed by atoms with Gasteiger partial charge in [-0.2, -0.15) is 0 Å². The van der Waals surface area contributed by atoms with Crippen LogP contribution < -0.4 is 10.5 Å². The molecule has 2 N–H and O–H groups in total. The molecule has 2 aromatic rings. The van der Waals surface area contributed by atoms with E-state index in [0.29, 0.717) is 6.61 Å². The van der Waals surface area contributed by atoms with E-state index >= 15 is 0 Å². The summed E-state index contributed by atoms with van der Waals surface area (Å²) in [5.74, 6) is 0.801. The third-order valence-electron chi connectivity index (χ3n) is 3.15. The summed E-state index contributed by atoms with van der Waals surface area (Å²) < 4.78 is 12.3. The Balaban J connectivity index is 2.20. The van der Waals surface area contributed by atoms with Gasteiger partial charge in [0.1, 0.15) is 11.9 Å². The lowest BCUT2D eigenvalue weighted by Gasteiger charge is -2.23. The van der Waals surface area contributed by atoms with Gasteiger partial charge in [-0.25, -0.2) is 0 Å². The smallest absolute Gasteiger partial charge is 0.138 e. The van der Waals surface area contributed by atoms with Gasteiger partial charge in [-0.05, 0) is 42.3 Å².